The Morgan fingerprint density at radius 1 is 1.16 bits per heavy atom. The number of hydrogen-bond donors (Lipinski definition) is 0. The highest BCUT2D eigenvalue weighted by Gasteiger charge is 2.25. The van der Waals surface area contributed by atoms with Crippen LogP contribution in [0.4, 0.5) is 4.39 Å². The molecule has 0 atom stereocenters. The summed E-state index contributed by atoms with van der Waals surface area (Å²) in [6.45, 7) is 3.58. The molecule has 0 saturated carbocycles. The Bertz CT molecular complexity index is 1250. The number of benzene rings is 2. The van der Waals surface area contributed by atoms with Crippen LogP contribution in [-0.4, -0.2) is 41.0 Å². The third-order valence-corrected chi connectivity index (χ3v) is 6.07. The number of likely N-dealkylation sites (tertiary alicyclic amines) is 1. The monoisotopic (exact) mass is 418 g/mol. The minimum atomic E-state index is -0.300. The smallest absolute Gasteiger partial charge is 0.170 e. The van der Waals surface area contributed by atoms with Gasteiger partial charge < -0.3 is 14.3 Å². The van der Waals surface area contributed by atoms with E-state index in [1.807, 2.05) is 30.5 Å². The minimum Gasteiger partial charge on any atom is -0.414 e. The number of halogens is 1. The summed E-state index contributed by atoms with van der Waals surface area (Å²) in [7, 11) is 0. The second-order valence-corrected chi connectivity index (χ2v) is 8.04. The van der Waals surface area contributed by atoms with Crippen LogP contribution in [-0.2, 0) is 0 Å². The number of nitriles is 1. The van der Waals surface area contributed by atoms with Gasteiger partial charge in [0.15, 0.2) is 5.58 Å². The van der Waals surface area contributed by atoms with Gasteiger partial charge in [-0.2, -0.15) is 9.99 Å². The normalized spacial score (nSPS) is 15.5. The molecule has 158 valence electrons. The first kappa shape index (κ1) is 19.6. The number of fused-ring (bicyclic) bond motifs is 2. The largest absolute Gasteiger partial charge is 0.414 e. The lowest BCUT2D eigenvalue weighted by molar-refractivity contribution is 0.104. The molecule has 2 aromatic heterocycles. The molecule has 0 unspecified atom stereocenters. The average molecular weight is 418 g/mol. The van der Waals surface area contributed by atoms with E-state index in [0.717, 1.165) is 60.9 Å². The Labute approximate surface area is 179 Å². The zero-order valence-corrected chi connectivity index (χ0v) is 17.1. The molecule has 4 aromatic rings. The van der Waals surface area contributed by atoms with E-state index in [0.29, 0.717) is 23.7 Å². The first-order valence-electron chi connectivity index (χ1n) is 10.6. The molecule has 3 heterocycles. The van der Waals surface area contributed by atoms with Crippen molar-refractivity contribution in [2.45, 2.75) is 25.2 Å². The summed E-state index contributed by atoms with van der Waals surface area (Å²) in [5, 5.41) is 15.3. The van der Waals surface area contributed by atoms with Crippen molar-refractivity contribution in [3.05, 3.63) is 65.7 Å². The highest BCUT2D eigenvalue weighted by atomic mass is 19.1. The molecule has 2 aromatic carbocycles. The molecule has 5 rings (SSSR count). The van der Waals surface area contributed by atoms with Gasteiger partial charge in [-0.05, 0) is 62.7 Å². The Morgan fingerprint density at radius 3 is 2.87 bits per heavy atom. The van der Waals surface area contributed by atoms with Crippen LogP contribution in [0.2, 0.25) is 0 Å². The van der Waals surface area contributed by atoms with Crippen molar-refractivity contribution in [2.24, 2.45) is 0 Å². The summed E-state index contributed by atoms with van der Waals surface area (Å²) in [4.78, 5) is 8.36. The first-order chi connectivity index (χ1) is 15.2. The van der Waals surface area contributed by atoms with Crippen molar-refractivity contribution in [3.63, 3.8) is 0 Å². The van der Waals surface area contributed by atoms with Gasteiger partial charge in [0.2, 0.25) is 0 Å². The molecule has 7 heteroatoms. The van der Waals surface area contributed by atoms with E-state index >= 15 is 0 Å². The molecule has 0 radical (unpaired) electrons. The van der Waals surface area contributed by atoms with Crippen molar-refractivity contribution in [3.8, 4) is 6.07 Å². The summed E-state index contributed by atoms with van der Waals surface area (Å²) in [6, 6.07) is 14.4. The van der Waals surface area contributed by atoms with Crippen LogP contribution in [0.25, 0.3) is 21.9 Å². The summed E-state index contributed by atoms with van der Waals surface area (Å²) < 4.78 is 20.4. The summed E-state index contributed by atoms with van der Waals surface area (Å²) in [5.74, 6) is 0.0467. The van der Waals surface area contributed by atoms with E-state index in [1.54, 1.807) is 10.8 Å². The molecule has 0 aliphatic carbocycles. The van der Waals surface area contributed by atoms with Crippen LogP contribution in [0.3, 0.4) is 0 Å². The van der Waals surface area contributed by atoms with Crippen LogP contribution < -0.4 is 4.84 Å². The van der Waals surface area contributed by atoms with Crippen molar-refractivity contribution >= 4 is 21.9 Å². The van der Waals surface area contributed by atoms with E-state index < -0.39 is 0 Å². The van der Waals surface area contributed by atoms with Crippen LogP contribution in [0.1, 0.15) is 36.4 Å². The predicted octanol–water partition coefficient (Wildman–Crippen LogP) is 4.49. The molecule has 1 fully saturated rings. The highest BCUT2D eigenvalue weighted by Crippen LogP contribution is 2.32. The lowest BCUT2D eigenvalue weighted by Gasteiger charge is -2.31. The Hall–Kier alpha value is -3.37. The van der Waals surface area contributed by atoms with Gasteiger partial charge in [-0.15, -0.1) is 0 Å². The zero-order chi connectivity index (χ0) is 21.2. The average Bonchev–Trinajstić information content (AvgIpc) is 3.40. The lowest BCUT2D eigenvalue weighted by Crippen LogP contribution is -2.34. The maximum Gasteiger partial charge on any atom is 0.170 e. The molecule has 1 saturated heterocycles. The third-order valence-electron chi connectivity index (χ3n) is 6.07. The van der Waals surface area contributed by atoms with Gasteiger partial charge in [-0.25, -0.2) is 4.39 Å². The summed E-state index contributed by atoms with van der Waals surface area (Å²) in [6.07, 6.45) is 4.85. The van der Waals surface area contributed by atoms with Crippen molar-refractivity contribution in [1.82, 2.24) is 14.8 Å². The molecule has 0 bridgehead atoms. The minimum absolute atomic E-state index is 0.300. The van der Waals surface area contributed by atoms with Gasteiger partial charge in [-0.1, -0.05) is 11.2 Å². The van der Waals surface area contributed by atoms with Crippen molar-refractivity contribution in [1.29, 1.82) is 5.26 Å². The quantitative estimate of drug-likeness (QED) is 0.432. The van der Waals surface area contributed by atoms with Crippen LogP contribution in [0, 0.1) is 17.1 Å². The molecular weight excluding hydrogens is 395 g/mol. The Morgan fingerprint density at radius 2 is 2.03 bits per heavy atom. The molecule has 1 aliphatic rings. The van der Waals surface area contributed by atoms with Crippen LogP contribution >= 0.6 is 0 Å². The standard InChI is InChI=1S/C24H23FN4O2/c25-20-4-5-21-23(15-20)31-27-24(21)19-6-10-28(11-7-19)9-1-13-30-29-12-8-18-3-2-17(16-26)14-22(18)29/h2-5,8,12,14-15,19H,1,6-7,9-11,13H2. The van der Waals surface area contributed by atoms with Gasteiger partial charge in [0.25, 0.3) is 0 Å². The van der Waals surface area contributed by atoms with E-state index in [2.05, 4.69) is 16.1 Å². The Kier molecular flexibility index (Phi) is 5.31. The summed E-state index contributed by atoms with van der Waals surface area (Å²) >= 11 is 0. The van der Waals surface area contributed by atoms with Crippen molar-refractivity contribution < 1.29 is 13.8 Å². The maximum atomic E-state index is 13.4. The van der Waals surface area contributed by atoms with Gasteiger partial charge in [0.1, 0.15) is 12.4 Å². The fraction of sp³-hybridized carbons (Fsp3) is 0.333. The highest BCUT2D eigenvalue weighted by molar-refractivity contribution is 5.81. The topological polar surface area (TPSA) is 67.2 Å². The van der Waals surface area contributed by atoms with E-state index in [4.69, 9.17) is 14.6 Å². The fourth-order valence-corrected chi connectivity index (χ4v) is 4.39. The number of rotatable bonds is 6. The van der Waals surface area contributed by atoms with Gasteiger partial charge in [-0.3, -0.25) is 0 Å². The van der Waals surface area contributed by atoms with E-state index in [-0.39, 0.29) is 5.82 Å². The SMILES string of the molecule is N#Cc1ccc2ccn(OCCCN3CCC(c4noc5cc(F)ccc45)CC3)c2c1. The number of nitrogens with zero attached hydrogens (tertiary/aromatic N) is 4. The van der Waals surface area contributed by atoms with Gasteiger partial charge >= 0.3 is 0 Å². The fourth-order valence-electron chi connectivity index (χ4n) is 4.39. The molecule has 6 nitrogen and oxygen atoms in total. The first-order valence-corrected chi connectivity index (χ1v) is 10.6. The maximum absolute atomic E-state index is 13.4. The molecule has 0 N–H and O–H groups in total. The molecule has 1 aliphatic heterocycles. The second-order valence-electron chi connectivity index (χ2n) is 8.04. The van der Waals surface area contributed by atoms with Crippen LogP contribution in [0.5, 0.6) is 0 Å². The summed E-state index contributed by atoms with van der Waals surface area (Å²) in [5.41, 5.74) is 3.02. The molecule has 31 heavy (non-hydrogen) atoms. The van der Waals surface area contributed by atoms with E-state index in [1.165, 1.54) is 12.1 Å². The zero-order valence-electron chi connectivity index (χ0n) is 17.1. The predicted molar refractivity (Wildman–Crippen MR) is 115 cm³/mol. The van der Waals surface area contributed by atoms with Crippen LogP contribution in [0.15, 0.2) is 53.2 Å². The van der Waals surface area contributed by atoms with Gasteiger partial charge in [0, 0.05) is 35.5 Å². The Balaban J connectivity index is 1.11. The van der Waals surface area contributed by atoms with E-state index in [9.17, 15) is 4.39 Å². The number of aromatic nitrogens is 2. The van der Waals surface area contributed by atoms with Crippen molar-refractivity contribution in [2.75, 3.05) is 26.2 Å². The van der Waals surface area contributed by atoms with Gasteiger partial charge in [0.05, 0.1) is 22.8 Å². The number of hydrogen-bond acceptors (Lipinski definition) is 5. The molecule has 0 spiro atoms. The number of piperidine rings is 1. The third kappa shape index (κ3) is 3.99. The second kappa shape index (κ2) is 8.40. The molecular formula is C24H23FN4O2. The lowest BCUT2D eigenvalue weighted by atomic mass is 9.91. The molecule has 0 amide bonds.